The van der Waals surface area contributed by atoms with Crippen LogP contribution in [0.2, 0.25) is 0 Å². The first-order valence-corrected chi connectivity index (χ1v) is 11.6. The normalized spacial score (nSPS) is 11.5. The molecule has 0 fully saturated rings. The van der Waals surface area contributed by atoms with Gasteiger partial charge in [-0.25, -0.2) is 0 Å². The van der Waals surface area contributed by atoms with Gasteiger partial charge in [0, 0.05) is 33.7 Å². The third kappa shape index (κ3) is 2.82. The number of fused-ring (bicyclic) bond motifs is 5. The number of para-hydroxylation sites is 2. The van der Waals surface area contributed by atoms with Crippen LogP contribution in [-0.4, -0.2) is 9.13 Å². The minimum absolute atomic E-state index is 1.17. The second-order valence-corrected chi connectivity index (χ2v) is 8.68. The fourth-order valence-electron chi connectivity index (χ4n) is 5.19. The van der Waals surface area contributed by atoms with E-state index in [0.29, 0.717) is 0 Å². The van der Waals surface area contributed by atoms with E-state index in [1.165, 1.54) is 55.2 Å². The third-order valence-electron chi connectivity index (χ3n) is 6.77. The average Bonchev–Trinajstić information content (AvgIpc) is 3.49. The Morgan fingerprint density at radius 1 is 0.382 bits per heavy atom. The Hall–Kier alpha value is -4.56. The van der Waals surface area contributed by atoms with Crippen molar-refractivity contribution in [2.45, 2.75) is 0 Å². The van der Waals surface area contributed by atoms with E-state index < -0.39 is 0 Å². The van der Waals surface area contributed by atoms with E-state index in [4.69, 9.17) is 0 Å². The zero-order valence-corrected chi connectivity index (χ0v) is 18.6. The van der Waals surface area contributed by atoms with E-state index in [1.807, 2.05) is 0 Å². The molecule has 7 rings (SSSR count). The predicted molar refractivity (Wildman–Crippen MR) is 143 cm³/mol. The lowest BCUT2D eigenvalue weighted by molar-refractivity contribution is 1.13. The minimum Gasteiger partial charge on any atom is -0.316 e. The van der Waals surface area contributed by atoms with Gasteiger partial charge in [-0.2, -0.15) is 0 Å². The van der Waals surface area contributed by atoms with Crippen molar-refractivity contribution in [3.05, 3.63) is 134 Å². The molecule has 0 aliphatic carbocycles. The van der Waals surface area contributed by atoms with Gasteiger partial charge in [-0.1, -0.05) is 84.9 Å². The number of nitrogens with zero attached hydrogens (tertiary/aromatic N) is 2. The summed E-state index contributed by atoms with van der Waals surface area (Å²) in [7, 11) is 0. The SMILES string of the molecule is c1ccc(-c2ccc(-n3c4ccccc4c4ccc5c(ccn5-c5ccccc5)c43)cc2)cc1. The topological polar surface area (TPSA) is 9.86 Å². The molecule has 2 heteroatoms. The highest BCUT2D eigenvalue weighted by Crippen LogP contribution is 2.37. The molecular formula is C32H22N2. The number of hydrogen-bond acceptors (Lipinski definition) is 0. The maximum Gasteiger partial charge on any atom is 0.0635 e. The van der Waals surface area contributed by atoms with Crippen molar-refractivity contribution in [2.24, 2.45) is 0 Å². The molecule has 2 aromatic heterocycles. The summed E-state index contributed by atoms with van der Waals surface area (Å²) >= 11 is 0. The second kappa shape index (κ2) is 7.50. The predicted octanol–water partition coefficient (Wildman–Crippen LogP) is 8.39. The molecule has 2 heterocycles. The van der Waals surface area contributed by atoms with E-state index in [9.17, 15) is 0 Å². The van der Waals surface area contributed by atoms with Crippen LogP contribution in [0.25, 0.3) is 55.2 Å². The molecule has 0 bridgehead atoms. The molecule has 0 aliphatic heterocycles. The van der Waals surface area contributed by atoms with Gasteiger partial charge in [0.1, 0.15) is 0 Å². The molecule has 0 N–H and O–H groups in total. The monoisotopic (exact) mass is 434 g/mol. The third-order valence-corrected chi connectivity index (χ3v) is 6.77. The summed E-state index contributed by atoms with van der Waals surface area (Å²) < 4.78 is 4.69. The van der Waals surface area contributed by atoms with Gasteiger partial charge in [-0.3, -0.25) is 0 Å². The van der Waals surface area contributed by atoms with Gasteiger partial charge < -0.3 is 9.13 Å². The second-order valence-electron chi connectivity index (χ2n) is 8.68. The molecular weight excluding hydrogens is 412 g/mol. The van der Waals surface area contributed by atoms with Crippen molar-refractivity contribution in [3.8, 4) is 22.5 Å². The highest BCUT2D eigenvalue weighted by Gasteiger charge is 2.16. The molecule has 7 aromatic rings. The van der Waals surface area contributed by atoms with Gasteiger partial charge in [0.2, 0.25) is 0 Å². The van der Waals surface area contributed by atoms with E-state index >= 15 is 0 Å². The Labute approximate surface area is 197 Å². The van der Waals surface area contributed by atoms with Crippen molar-refractivity contribution >= 4 is 32.7 Å². The fraction of sp³-hybridized carbons (Fsp3) is 0. The highest BCUT2D eigenvalue weighted by molar-refractivity contribution is 6.18. The first-order valence-electron chi connectivity index (χ1n) is 11.6. The van der Waals surface area contributed by atoms with Crippen molar-refractivity contribution in [2.75, 3.05) is 0 Å². The average molecular weight is 435 g/mol. The Morgan fingerprint density at radius 3 is 1.85 bits per heavy atom. The van der Waals surface area contributed by atoms with Crippen LogP contribution < -0.4 is 0 Å². The van der Waals surface area contributed by atoms with Crippen molar-refractivity contribution in [1.29, 1.82) is 0 Å². The Balaban J connectivity index is 1.51. The van der Waals surface area contributed by atoms with Crippen LogP contribution in [0.3, 0.4) is 0 Å². The van der Waals surface area contributed by atoms with Gasteiger partial charge in [-0.15, -0.1) is 0 Å². The molecule has 0 amide bonds. The molecule has 0 radical (unpaired) electrons. The quantitative estimate of drug-likeness (QED) is 0.264. The van der Waals surface area contributed by atoms with Crippen LogP contribution >= 0.6 is 0 Å². The summed E-state index contributed by atoms with van der Waals surface area (Å²) in [5.74, 6) is 0. The van der Waals surface area contributed by atoms with Crippen LogP contribution in [0.1, 0.15) is 0 Å². The summed E-state index contributed by atoms with van der Waals surface area (Å²) in [6, 6.07) is 45.5. The molecule has 0 unspecified atom stereocenters. The zero-order chi connectivity index (χ0) is 22.5. The van der Waals surface area contributed by atoms with Gasteiger partial charge >= 0.3 is 0 Å². The molecule has 0 saturated heterocycles. The van der Waals surface area contributed by atoms with Crippen LogP contribution in [-0.2, 0) is 0 Å². The largest absolute Gasteiger partial charge is 0.316 e. The Kier molecular flexibility index (Phi) is 4.18. The number of rotatable bonds is 3. The maximum absolute atomic E-state index is 2.41. The molecule has 160 valence electrons. The molecule has 0 spiro atoms. The molecule has 0 aliphatic rings. The van der Waals surface area contributed by atoms with Crippen LogP contribution in [0.15, 0.2) is 134 Å². The number of aromatic nitrogens is 2. The molecule has 5 aromatic carbocycles. The summed E-state index contributed by atoms with van der Waals surface area (Å²) in [6.07, 6.45) is 2.18. The molecule has 0 atom stereocenters. The number of benzene rings is 5. The first-order chi connectivity index (χ1) is 16.9. The standard InChI is InChI=1S/C32H22N2/c1-3-9-23(10-4-1)24-15-17-26(18-16-24)34-31-14-8-7-13-27(31)28-19-20-30-29(32(28)34)21-22-33(30)25-11-5-2-6-12-25/h1-22H. The van der Waals surface area contributed by atoms with E-state index in [-0.39, 0.29) is 0 Å². The van der Waals surface area contributed by atoms with Crippen LogP contribution in [0.5, 0.6) is 0 Å². The lowest BCUT2D eigenvalue weighted by atomic mass is 10.1. The molecule has 2 nitrogen and oxygen atoms in total. The van der Waals surface area contributed by atoms with Crippen molar-refractivity contribution < 1.29 is 0 Å². The highest BCUT2D eigenvalue weighted by atomic mass is 15.0. The summed E-state index contributed by atoms with van der Waals surface area (Å²) in [4.78, 5) is 0. The molecule has 0 saturated carbocycles. The summed E-state index contributed by atoms with van der Waals surface area (Å²) in [5, 5.41) is 3.81. The molecule has 34 heavy (non-hydrogen) atoms. The van der Waals surface area contributed by atoms with Crippen molar-refractivity contribution in [1.82, 2.24) is 9.13 Å². The van der Waals surface area contributed by atoms with E-state index in [2.05, 4.69) is 143 Å². The van der Waals surface area contributed by atoms with Crippen LogP contribution in [0.4, 0.5) is 0 Å². The Bertz CT molecular complexity index is 1770. The number of hydrogen-bond donors (Lipinski definition) is 0. The van der Waals surface area contributed by atoms with Gasteiger partial charge in [0.15, 0.2) is 0 Å². The van der Waals surface area contributed by atoms with Crippen LogP contribution in [0, 0.1) is 0 Å². The Morgan fingerprint density at radius 2 is 1.06 bits per heavy atom. The van der Waals surface area contributed by atoms with Gasteiger partial charge in [0.25, 0.3) is 0 Å². The summed E-state index contributed by atoms with van der Waals surface area (Å²) in [6.45, 7) is 0. The van der Waals surface area contributed by atoms with Gasteiger partial charge in [-0.05, 0) is 53.6 Å². The fourth-order valence-corrected chi connectivity index (χ4v) is 5.19. The lowest BCUT2D eigenvalue weighted by Gasteiger charge is -2.11. The lowest BCUT2D eigenvalue weighted by Crippen LogP contribution is -1.95. The zero-order valence-electron chi connectivity index (χ0n) is 18.6. The smallest absolute Gasteiger partial charge is 0.0635 e. The minimum atomic E-state index is 1.17. The van der Waals surface area contributed by atoms with E-state index in [0.717, 1.165) is 0 Å². The van der Waals surface area contributed by atoms with Crippen molar-refractivity contribution in [3.63, 3.8) is 0 Å². The van der Waals surface area contributed by atoms with Gasteiger partial charge in [0.05, 0.1) is 16.6 Å². The summed E-state index contributed by atoms with van der Waals surface area (Å²) in [5.41, 5.74) is 8.50. The first kappa shape index (κ1) is 19.0. The maximum atomic E-state index is 2.41. The van der Waals surface area contributed by atoms with E-state index in [1.54, 1.807) is 0 Å².